The number of aromatic nitrogens is 2. The highest BCUT2D eigenvalue weighted by atomic mass is 79.9. The first kappa shape index (κ1) is 12.2. The lowest BCUT2D eigenvalue weighted by Gasteiger charge is -2.39. The molecule has 0 bridgehead atoms. The first-order chi connectivity index (χ1) is 8.81. The van der Waals surface area contributed by atoms with Crippen LogP contribution in [0.1, 0.15) is 32.1 Å². The summed E-state index contributed by atoms with van der Waals surface area (Å²) in [5.74, 6) is 2.81. The quantitative estimate of drug-likeness (QED) is 0.911. The zero-order valence-electron chi connectivity index (χ0n) is 10.7. The minimum Gasteiger partial charge on any atom is -0.372 e. The maximum absolute atomic E-state index is 4.50. The van der Waals surface area contributed by atoms with Crippen LogP contribution in [-0.2, 0) is 0 Å². The second kappa shape index (κ2) is 5.03. The van der Waals surface area contributed by atoms with Crippen LogP contribution >= 0.6 is 15.9 Å². The van der Waals surface area contributed by atoms with Gasteiger partial charge in [0.25, 0.3) is 0 Å². The topological polar surface area (TPSA) is 41.1 Å². The molecule has 5 heteroatoms. The fraction of sp³-hybridized carbons (Fsp3) is 0.692. The van der Waals surface area contributed by atoms with Crippen molar-refractivity contribution in [2.24, 2.45) is 5.92 Å². The number of nitrogens with zero attached hydrogens (tertiary/aromatic N) is 3. The van der Waals surface area contributed by atoms with Gasteiger partial charge < -0.3 is 10.2 Å². The SMILES string of the molecule is CNc1ncnc(N2CCCC3CCCC32)c1Br. The second-order valence-corrected chi connectivity index (χ2v) is 6.00. The average Bonchev–Trinajstić information content (AvgIpc) is 2.87. The highest BCUT2D eigenvalue weighted by molar-refractivity contribution is 9.10. The van der Waals surface area contributed by atoms with Crippen molar-refractivity contribution < 1.29 is 0 Å². The third-order valence-corrected chi connectivity index (χ3v) is 5.00. The van der Waals surface area contributed by atoms with Crippen molar-refractivity contribution in [3.63, 3.8) is 0 Å². The first-order valence-electron chi connectivity index (χ1n) is 6.76. The molecule has 1 N–H and O–H groups in total. The van der Waals surface area contributed by atoms with E-state index in [1.807, 2.05) is 7.05 Å². The Hall–Kier alpha value is -0.840. The van der Waals surface area contributed by atoms with Gasteiger partial charge in [-0.2, -0.15) is 0 Å². The van der Waals surface area contributed by atoms with Crippen molar-refractivity contribution in [1.82, 2.24) is 9.97 Å². The number of hydrogen-bond acceptors (Lipinski definition) is 4. The predicted octanol–water partition coefficient (Wildman–Crippen LogP) is 3.05. The molecule has 4 nitrogen and oxygen atoms in total. The molecule has 98 valence electrons. The number of anilines is 2. The Balaban J connectivity index is 1.93. The molecule has 1 aliphatic heterocycles. The Labute approximate surface area is 116 Å². The Morgan fingerprint density at radius 2 is 2.11 bits per heavy atom. The van der Waals surface area contributed by atoms with Crippen LogP contribution in [0.2, 0.25) is 0 Å². The molecule has 2 unspecified atom stereocenters. The van der Waals surface area contributed by atoms with E-state index in [0.717, 1.165) is 28.6 Å². The van der Waals surface area contributed by atoms with E-state index in [9.17, 15) is 0 Å². The molecule has 2 atom stereocenters. The van der Waals surface area contributed by atoms with Crippen molar-refractivity contribution in [1.29, 1.82) is 0 Å². The minimum absolute atomic E-state index is 0.689. The first-order valence-corrected chi connectivity index (χ1v) is 7.55. The molecule has 2 heterocycles. The van der Waals surface area contributed by atoms with E-state index in [1.54, 1.807) is 6.33 Å². The number of nitrogens with one attached hydrogen (secondary N) is 1. The Bertz CT molecular complexity index is 437. The molecule has 2 aliphatic rings. The van der Waals surface area contributed by atoms with E-state index in [0.29, 0.717) is 6.04 Å². The molecule has 2 fully saturated rings. The van der Waals surface area contributed by atoms with Crippen LogP contribution in [0.25, 0.3) is 0 Å². The minimum atomic E-state index is 0.689. The largest absolute Gasteiger partial charge is 0.372 e. The van der Waals surface area contributed by atoms with Gasteiger partial charge in [-0.15, -0.1) is 0 Å². The van der Waals surface area contributed by atoms with Gasteiger partial charge in [-0.3, -0.25) is 0 Å². The molecular weight excluding hydrogens is 292 g/mol. The predicted molar refractivity (Wildman–Crippen MR) is 77.0 cm³/mol. The molecule has 18 heavy (non-hydrogen) atoms. The molecule has 0 aromatic carbocycles. The summed E-state index contributed by atoms with van der Waals surface area (Å²) in [6.45, 7) is 1.12. The highest BCUT2D eigenvalue weighted by Crippen LogP contribution is 2.41. The van der Waals surface area contributed by atoms with Gasteiger partial charge in [-0.05, 0) is 47.5 Å². The van der Waals surface area contributed by atoms with Crippen LogP contribution in [0.3, 0.4) is 0 Å². The van der Waals surface area contributed by atoms with Crippen molar-refractivity contribution in [3.8, 4) is 0 Å². The van der Waals surface area contributed by atoms with Gasteiger partial charge >= 0.3 is 0 Å². The van der Waals surface area contributed by atoms with Crippen LogP contribution in [0.15, 0.2) is 10.8 Å². The van der Waals surface area contributed by atoms with Crippen LogP contribution < -0.4 is 10.2 Å². The monoisotopic (exact) mass is 310 g/mol. The lowest BCUT2D eigenvalue weighted by molar-refractivity contribution is 0.360. The molecule has 1 aromatic heterocycles. The van der Waals surface area contributed by atoms with Gasteiger partial charge in [0.15, 0.2) is 0 Å². The molecule has 0 radical (unpaired) electrons. The van der Waals surface area contributed by atoms with E-state index >= 15 is 0 Å². The van der Waals surface area contributed by atoms with E-state index in [2.05, 4.69) is 36.1 Å². The van der Waals surface area contributed by atoms with Gasteiger partial charge in [-0.25, -0.2) is 9.97 Å². The highest BCUT2D eigenvalue weighted by Gasteiger charge is 2.36. The summed E-state index contributed by atoms with van der Waals surface area (Å²) >= 11 is 3.64. The molecule has 0 amide bonds. The number of fused-ring (bicyclic) bond motifs is 1. The Morgan fingerprint density at radius 1 is 1.28 bits per heavy atom. The zero-order valence-corrected chi connectivity index (χ0v) is 12.3. The Morgan fingerprint density at radius 3 is 2.94 bits per heavy atom. The Kier molecular flexibility index (Phi) is 3.41. The van der Waals surface area contributed by atoms with Crippen molar-refractivity contribution in [2.45, 2.75) is 38.1 Å². The average molecular weight is 311 g/mol. The van der Waals surface area contributed by atoms with E-state index in [-0.39, 0.29) is 0 Å². The fourth-order valence-corrected chi connectivity index (χ4v) is 4.08. The van der Waals surface area contributed by atoms with Crippen molar-refractivity contribution >= 4 is 27.6 Å². The summed E-state index contributed by atoms with van der Waals surface area (Å²) in [4.78, 5) is 11.2. The van der Waals surface area contributed by atoms with Crippen molar-refractivity contribution in [2.75, 3.05) is 23.8 Å². The van der Waals surface area contributed by atoms with E-state index in [4.69, 9.17) is 0 Å². The van der Waals surface area contributed by atoms with Gasteiger partial charge in [0.2, 0.25) is 0 Å². The summed E-state index contributed by atoms with van der Waals surface area (Å²) < 4.78 is 1.00. The summed E-state index contributed by atoms with van der Waals surface area (Å²) in [6, 6.07) is 0.689. The number of rotatable bonds is 2. The van der Waals surface area contributed by atoms with Crippen LogP contribution in [0, 0.1) is 5.92 Å². The number of hydrogen-bond donors (Lipinski definition) is 1. The zero-order chi connectivity index (χ0) is 12.5. The third kappa shape index (κ3) is 1.98. The van der Waals surface area contributed by atoms with Crippen molar-refractivity contribution in [3.05, 3.63) is 10.8 Å². The van der Waals surface area contributed by atoms with Gasteiger partial charge in [0, 0.05) is 19.6 Å². The lowest BCUT2D eigenvalue weighted by Crippen LogP contribution is -2.43. The maximum atomic E-state index is 4.50. The van der Waals surface area contributed by atoms with Crippen LogP contribution in [0.4, 0.5) is 11.6 Å². The maximum Gasteiger partial charge on any atom is 0.148 e. The molecule has 1 saturated carbocycles. The smallest absolute Gasteiger partial charge is 0.148 e. The molecule has 1 aliphatic carbocycles. The van der Waals surface area contributed by atoms with Crippen LogP contribution in [-0.4, -0.2) is 29.6 Å². The summed E-state index contributed by atoms with van der Waals surface area (Å²) in [7, 11) is 1.89. The van der Waals surface area contributed by atoms with E-state index in [1.165, 1.54) is 32.1 Å². The lowest BCUT2D eigenvalue weighted by atomic mass is 9.92. The standard InChI is InChI=1S/C13H19BrN4/c1-15-12-11(14)13(17-8-16-12)18-7-3-5-9-4-2-6-10(9)18/h8-10H,2-7H2,1H3,(H,15,16,17). The summed E-state index contributed by atoms with van der Waals surface area (Å²) in [5.41, 5.74) is 0. The normalized spacial score (nSPS) is 27.1. The second-order valence-electron chi connectivity index (χ2n) is 5.20. The number of halogens is 1. The molecule has 3 rings (SSSR count). The molecular formula is C13H19BrN4. The molecule has 1 aromatic rings. The number of piperidine rings is 1. The van der Waals surface area contributed by atoms with Gasteiger partial charge in [0.1, 0.15) is 22.4 Å². The van der Waals surface area contributed by atoms with Gasteiger partial charge in [0.05, 0.1) is 0 Å². The fourth-order valence-electron chi connectivity index (χ4n) is 3.45. The summed E-state index contributed by atoms with van der Waals surface area (Å²) in [6.07, 6.45) is 8.41. The molecule has 0 spiro atoms. The van der Waals surface area contributed by atoms with Gasteiger partial charge in [-0.1, -0.05) is 6.42 Å². The molecule has 1 saturated heterocycles. The van der Waals surface area contributed by atoms with E-state index < -0.39 is 0 Å². The summed E-state index contributed by atoms with van der Waals surface area (Å²) in [5, 5.41) is 3.11. The third-order valence-electron chi connectivity index (χ3n) is 4.27. The van der Waals surface area contributed by atoms with Crippen LogP contribution in [0.5, 0.6) is 0 Å².